The van der Waals surface area contributed by atoms with Gasteiger partial charge in [0.25, 0.3) is 0 Å². The first-order valence-electron chi connectivity index (χ1n) is 6.61. The molecular weight excluding hydrogens is 234 g/mol. The summed E-state index contributed by atoms with van der Waals surface area (Å²) in [6.07, 6.45) is 1.39. The fourth-order valence-corrected chi connectivity index (χ4v) is 1.97. The zero-order chi connectivity index (χ0) is 13.7. The van der Waals surface area contributed by atoms with Crippen molar-refractivity contribution in [1.82, 2.24) is 0 Å². The first-order chi connectivity index (χ1) is 9.17. The highest BCUT2D eigenvalue weighted by Gasteiger charge is 2.04. The number of anilines is 1. The third-order valence-corrected chi connectivity index (χ3v) is 3.10. The van der Waals surface area contributed by atoms with Gasteiger partial charge in [0.2, 0.25) is 5.91 Å². The number of benzene rings is 2. The maximum Gasteiger partial charge on any atom is 0.228 e. The summed E-state index contributed by atoms with van der Waals surface area (Å²) in [5, 5.41) is 2.94. The minimum absolute atomic E-state index is 0.0251. The van der Waals surface area contributed by atoms with Crippen LogP contribution in [0.15, 0.2) is 48.5 Å². The van der Waals surface area contributed by atoms with Crippen LogP contribution in [-0.2, 0) is 17.6 Å². The number of nitrogens with one attached hydrogen (secondary N) is 1. The second kappa shape index (κ2) is 6.19. The van der Waals surface area contributed by atoms with E-state index in [1.165, 1.54) is 11.1 Å². The molecule has 0 unspecified atom stereocenters. The SMILES string of the molecule is CCc1cccc(NC(=O)Cc2ccc(C)cc2)c1. The van der Waals surface area contributed by atoms with E-state index in [2.05, 4.69) is 18.3 Å². The monoisotopic (exact) mass is 253 g/mol. The Morgan fingerprint density at radius 1 is 1.05 bits per heavy atom. The molecule has 0 fully saturated rings. The molecule has 0 saturated carbocycles. The van der Waals surface area contributed by atoms with Crippen LogP contribution in [0.2, 0.25) is 0 Å². The van der Waals surface area contributed by atoms with Crippen molar-refractivity contribution in [3.8, 4) is 0 Å². The quantitative estimate of drug-likeness (QED) is 0.883. The number of amides is 1. The smallest absolute Gasteiger partial charge is 0.228 e. The third kappa shape index (κ3) is 3.95. The summed E-state index contributed by atoms with van der Waals surface area (Å²) in [7, 11) is 0. The van der Waals surface area contributed by atoms with Gasteiger partial charge in [0, 0.05) is 5.69 Å². The summed E-state index contributed by atoms with van der Waals surface area (Å²) in [5.41, 5.74) is 4.35. The average Bonchev–Trinajstić information content (AvgIpc) is 2.41. The molecule has 0 aliphatic rings. The van der Waals surface area contributed by atoms with Crippen molar-refractivity contribution in [1.29, 1.82) is 0 Å². The molecule has 0 heterocycles. The van der Waals surface area contributed by atoms with E-state index in [1.807, 2.05) is 49.4 Å². The van der Waals surface area contributed by atoms with Crippen LogP contribution in [0.1, 0.15) is 23.6 Å². The maximum absolute atomic E-state index is 12.0. The second-order valence-electron chi connectivity index (χ2n) is 4.76. The molecule has 2 heteroatoms. The van der Waals surface area contributed by atoms with Crippen LogP contribution in [0, 0.1) is 6.92 Å². The van der Waals surface area contributed by atoms with Gasteiger partial charge in [-0.1, -0.05) is 48.9 Å². The lowest BCUT2D eigenvalue weighted by Crippen LogP contribution is -2.14. The Balaban J connectivity index is 1.99. The molecule has 98 valence electrons. The lowest BCUT2D eigenvalue weighted by molar-refractivity contribution is -0.115. The summed E-state index contributed by atoms with van der Waals surface area (Å²) < 4.78 is 0. The van der Waals surface area contributed by atoms with Crippen LogP contribution in [0.3, 0.4) is 0 Å². The van der Waals surface area contributed by atoms with Gasteiger partial charge in [-0.3, -0.25) is 4.79 Å². The summed E-state index contributed by atoms with van der Waals surface area (Å²) in [6.45, 7) is 4.15. The fourth-order valence-electron chi connectivity index (χ4n) is 1.97. The number of carbonyl (C=O) groups is 1. The number of hydrogen-bond acceptors (Lipinski definition) is 1. The molecule has 2 nitrogen and oxygen atoms in total. The van der Waals surface area contributed by atoms with Gasteiger partial charge in [-0.05, 0) is 36.6 Å². The number of hydrogen-bond donors (Lipinski definition) is 1. The molecule has 0 atom stereocenters. The largest absolute Gasteiger partial charge is 0.326 e. The van der Waals surface area contributed by atoms with Crippen molar-refractivity contribution in [2.75, 3.05) is 5.32 Å². The Labute approximate surface area is 114 Å². The normalized spacial score (nSPS) is 10.2. The summed E-state index contributed by atoms with van der Waals surface area (Å²) >= 11 is 0. The Hall–Kier alpha value is -2.09. The van der Waals surface area contributed by atoms with E-state index in [0.717, 1.165) is 17.7 Å². The van der Waals surface area contributed by atoms with E-state index in [4.69, 9.17) is 0 Å². The maximum atomic E-state index is 12.0. The van der Waals surface area contributed by atoms with Crippen molar-refractivity contribution in [3.05, 3.63) is 65.2 Å². The highest BCUT2D eigenvalue weighted by atomic mass is 16.1. The van der Waals surface area contributed by atoms with Crippen molar-refractivity contribution < 1.29 is 4.79 Å². The van der Waals surface area contributed by atoms with E-state index in [1.54, 1.807) is 0 Å². The summed E-state index contributed by atoms with van der Waals surface area (Å²) in [4.78, 5) is 12.0. The van der Waals surface area contributed by atoms with Crippen LogP contribution < -0.4 is 5.32 Å². The first kappa shape index (κ1) is 13.3. The Bertz CT molecular complexity index is 558. The van der Waals surface area contributed by atoms with Gasteiger partial charge in [0.15, 0.2) is 0 Å². The number of carbonyl (C=O) groups excluding carboxylic acids is 1. The number of rotatable bonds is 4. The van der Waals surface area contributed by atoms with Crippen LogP contribution in [0.4, 0.5) is 5.69 Å². The fraction of sp³-hybridized carbons (Fsp3) is 0.235. The molecule has 0 spiro atoms. The van der Waals surface area contributed by atoms with Crippen molar-refractivity contribution in [3.63, 3.8) is 0 Å². The third-order valence-electron chi connectivity index (χ3n) is 3.10. The molecule has 0 aliphatic heterocycles. The predicted molar refractivity (Wildman–Crippen MR) is 79.3 cm³/mol. The van der Waals surface area contributed by atoms with Gasteiger partial charge >= 0.3 is 0 Å². The van der Waals surface area contributed by atoms with Crippen molar-refractivity contribution in [2.24, 2.45) is 0 Å². The van der Waals surface area contributed by atoms with Gasteiger partial charge in [0.05, 0.1) is 6.42 Å². The average molecular weight is 253 g/mol. The number of aryl methyl sites for hydroxylation is 2. The van der Waals surface area contributed by atoms with E-state index < -0.39 is 0 Å². The molecular formula is C17H19NO. The zero-order valence-electron chi connectivity index (χ0n) is 11.4. The van der Waals surface area contributed by atoms with Crippen LogP contribution in [0.25, 0.3) is 0 Å². The van der Waals surface area contributed by atoms with Crippen LogP contribution in [0.5, 0.6) is 0 Å². The highest BCUT2D eigenvalue weighted by Crippen LogP contribution is 2.12. The predicted octanol–water partition coefficient (Wildman–Crippen LogP) is 3.74. The van der Waals surface area contributed by atoms with E-state index >= 15 is 0 Å². The highest BCUT2D eigenvalue weighted by molar-refractivity contribution is 5.92. The Morgan fingerprint density at radius 2 is 1.79 bits per heavy atom. The molecule has 0 aliphatic carbocycles. The van der Waals surface area contributed by atoms with Gasteiger partial charge in [-0.25, -0.2) is 0 Å². The zero-order valence-corrected chi connectivity index (χ0v) is 11.4. The molecule has 2 aromatic rings. The lowest BCUT2D eigenvalue weighted by atomic mass is 10.1. The second-order valence-corrected chi connectivity index (χ2v) is 4.76. The van der Waals surface area contributed by atoms with Gasteiger partial charge in [-0.15, -0.1) is 0 Å². The van der Waals surface area contributed by atoms with Gasteiger partial charge in [0.1, 0.15) is 0 Å². The van der Waals surface area contributed by atoms with Gasteiger partial charge < -0.3 is 5.32 Å². The molecule has 0 radical (unpaired) electrons. The van der Waals surface area contributed by atoms with Crippen LogP contribution in [-0.4, -0.2) is 5.91 Å². The summed E-state index contributed by atoms with van der Waals surface area (Å²) in [5.74, 6) is 0.0251. The molecule has 0 saturated heterocycles. The van der Waals surface area contributed by atoms with E-state index in [9.17, 15) is 4.79 Å². The molecule has 19 heavy (non-hydrogen) atoms. The minimum Gasteiger partial charge on any atom is -0.326 e. The lowest BCUT2D eigenvalue weighted by Gasteiger charge is -2.07. The molecule has 1 amide bonds. The van der Waals surface area contributed by atoms with Crippen molar-refractivity contribution in [2.45, 2.75) is 26.7 Å². The topological polar surface area (TPSA) is 29.1 Å². The van der Waals surface area contributed by atoms with Crippen LogP contribution >= 0.6 is 0 Å². The molecule has 2 aromatic carbocycles. The molecule has 0 aromatic heterocycles. The molecule has 0 bridgehead atoms. The molecule has 2 rings (SSSR count). The molecule has 1 N–H and O–H groups in total. The summed E-state index contributed by atoms with van der Waals surface area (Å²) in [6, 6.07) is 16.0. The van der Waals surface area contributed by atoms with Crippen molar-refractivity contribution >= 4 is 11.6 Å². The first-order valence-corrected chi connectivity index (χ1v) is 6.61. The van der Waals surface area contributed by atoms with Gasteiger partial charge in [-0.2, -0.15) is 0 Å². The van der Waals surface area contributed by atoms with E-state index in [0.29, 0.717) is 6.42 Å². The standard InChI is InChI=1S/C17H19NO/c1-3-14-5-4-6-16(11-14)18-17(19)12-15-9-7-13(2)8-10-15/h4-11H,3,12H2,1-2H3,(H,18,19). The minimum atomic E-state index is 0.0251. The Morgan fingerprint density at radius 3 is 2.47 bits per heavy atom. The van der Waals surface area contributed by atoms with E-state index in [-0.39, 0.29) is 5.91 Å². The Kier molecular flexibility index (Phi) is 4.35.